The summed E-state index contributed by atoms with van der Waals surface area (Å²) in [5.41, 5.74) is 1.37. The molecule has 0 radical (unpaired) electrons. The summed E-state index contributed by atoms with van der Waals surface area (Å²) in [5, 5.41) is 6.07. The van der Waals surface area contributed by atoms with Gasteiger partial charge in [-0.05, 0) is 49.2 Å². The minimum Gasteiger partial charge on any atom is -0.490 e. The molecule has 3 aromatic carbocycles. The number of carbonyl (C=O) groups excluding carboxylic acids is 1. The lowest BCUT2D eigenvalue weighted by atomic mass is 10.2. The summed E-state index contributed by atoms with van der Waals surface area (Å²) in [7, 11) is 0. The summed E-state index contributed by atoms with van der Waals surface area (Å²) in [5.74, 6) is 1.89. The normalized spacial score (nSPS) is 14.9. The Morgan fingerprint density at radius 2 is 1.50 bits per heavy atom. The molecule has 0 saturated carbocycles. The van der Waals surface area contributed by atoms with Gasteiger partial charge in [0.15, 0.2) is 0 Å². The smallest absolute Gasteiger partial charge is 0.243 e. The molecule has 1 saturated heterocycles. The quantitative estimate of drug-likeness (QED) is 0.378. The molecule has 1 aliphatic rings. The molecule has 1 unspecified atom stereocenters. The second kappa shape index (κ2) is 12.5. The Morgan fingerprint density at radius 3 is 2.26 bits per heavy atom. The van der Waals surface area contributed by atoms with Crippen LogP contribution < -0.4 is 24.8 Å². The Morgan fingerprint density at radius 1 is 0.824 bits per heavy atom. The third kappa shape index (κ3) is 7.15. The van der Waals surface area contributed by atoms with Crippen molar-refractivity contribution in [3.05, 3.63) is 78.9 Å². The molecule has 2 N–H and O–H groups in total. The van der Waals surface area contributed by atoms with Crippen LogP contribution in [0.5, 0.6) is 17.2 Å². The van der Waals surface area contributed by atoms with Gasteiger partial charge in [-0.15, -0.1) is 0 Å². The van der Waals surface area contributed by atoms with Gasteiger partial charge in [0.1, 0.15) is 37.1 Å². The molecule has 0 bridgehead atoms. The number of hydrogen-bond acceptors (Lipinski definition) is 6. The lowest BCUT2D eigenvalue weighted by Crippen LogP contribution is -2.23. The number of carbonyl (C=O) groups is 1. The van der Waals surface area contributed by atoms with Crippen LogP contribution in [0.4, 0.5) is 11.4 Å². The second-order valence-corrected chi connectivity index (χ2v) is 7.85. The van der Waals surface area contributed by atoms with Crippen LogP contribution in [0.1, 0.15) is 12.8 Å². The van der Waals surface area contributed by atoms with Crippen molar-refractivity contribution < 1.29 is 23.7 Å². The molecule has 0 aromatic heterocycles. The SMILES string of the molecule is O=C(CNc1ccccc1OCC1CCCO1)Nc1ccccc1OCCOc1ccccc1. The Balaban J connectivity index is 1.25. The van der Waals surface area contributed by atoms with E-state index in [0.717, 1.165) is 30.9 Å². The molecule has 1 amide bonds. The standard InChI is InChI=1S/C27H30N2O5/c30-27(19-28-23-12-4-6-14-25(23)34-20-22-11-8-16-31-22)29-24-13-5-7-15-26(24)33-18-17-32-21-9-2-1-3-10-21/h1-7,9-10,12-15,22,28H,8,11,16-20H2,(H,29,30). The average molecular weight is 463 g/mol. The highest BCUT2D eigenvalue weighted by Crippen LogP contribution is 2.26. The van der Waals surface area contributed by atoms with Gasteiger partial charge < -0.3 is 29.6 Å². The molecular weight excluding hydrogens is 432 g/mol. The number of rotatable bonds is 12. The topological polar surface area (TPSA) is 78.1 Å². The lowest BCUT2D eigenvalue weighted by molar-refractivity contribution is -0.114. The van der Waals surface area contributed by atoms with Gasteiger partial charge in [-0.1, -0.05) is 42.5 Å². The van der Waals surface area contributed by atoms with E-state index < -0.39 is 0 Å². The second-order valence-electron chi connectivity index (χ2n) is 7.85. The first-order valence-electron chi connectivity index (χ1n) is 11.5. The van der Waals surface area contributed by atoms with Crippen molar-refractivity contribution in [1.82, 2.24) is 0 Å². The summed E-state index contributed by atoms with van der Waals surface area (Å²) in [4.78, 5) is 12.6. The Kier molecular flexibility index (Phi) is 8.63. The van der Waals surface area contributed by atoms with Crippen molar-refractivity contribution in [2.45, 2.75) is 18.9 Å². The first-order chi connectivity index (χ1) is 16.8. The highest BCUT2D eigenvalue weighted by molar-refractivity contribution is 5.95. The monoisotopic (exact) mass is 462 g/mol. The van der Waals surface area contributed by atoms with Crippen molar-refractivity contribution in [3.8, 4) is 17.2 Å². The predicted octanol–water partition coefficient (Wildman–Crippen LogP) is 4.75. The van der Waals surface area contributed by atoms with E-state index in [1.807, 2.05) is 78.9 Å². The maximum Gasteiger partial charge on any atom is 0.243 e. The number of benzene rings is 3. The van der Waals surface area contributed by atoms with Gasteiger partial charge in [0.25, 0.3) is 0 Å². The summed E-state index contributed by atoms with van der Waals surface area (Å²) in [6.45, 7) is 2.14. The molecule has 7 nitrogen and oxygen atoms in total. The molecule has 3 aromatic rings. The number of para-hydroxylation sites is 5. The highest BCUT2D eigenvalue weighted by atomic mass is 16.5. The van der Waals surface area contributed by atoms with Gasteiger partial charge in [-0.3, -0.25) is 4.79 Å². The molecule has 1 fully saturated rings. The van der Waals surface area contributed by atoms with E-state index in [9.17, 15) is 4.79 Å². The fraction of sp³-hybridized carbons (Fsp3) is 0.296. The zero-order valence-corrected chi connectivity index (χ0v) is 19.1. The van der Waals surface area contributed by atoms with Crippen LogP contribution in [0.15, 0.2) is 78.9 Å². The molecule has 0 aliphatic carbocycles. The summed E-state index contributed by atoms with van der Waals surface area (Å²) < 4.78 is 23.0. The number of hydrogen-bond donors (Lipinski definition) is 2. The molecule has 34 heavy (non-hydrogen) atoms. The summed E-state index contributed by atoms with van der Waals surface area (Å²) in [6.07, 6.45) is 2.21. The van der Waals surface area contributed by atoms with Crippen LogP contribution >= 0.6 is 0 Å². The number of anilines is 2. The van der Waals surface area contributed by atoms with Crippen molar-refractivity contribution >= 4 is 17.3 Å². The Hall–Kier alpha value is -3.71. The van der Waals surface area contributed by atoms with E-state index in [1.165, 1.54) is 0 Å². The van der Waals surface area contributed by atoms with Crippen LogP contribution in [0, 0.1) is 0 Å². The minimum atomic E-state index is -0.189. The van der Waals surface area contributed by atoms with Crippen LogP contribution in [0.3, 0.4) is 0 Å². The third-order valence-electron chi connectivity index (χ3n) is 5.29. The van der Waals surface area contributed by atoms with Gasteiger partial charge in [0.2, 0.25) is 5.91 Å². The summed E-state index contributed by atoms with van der Waals surface area (Å²) in [6, 6.07) is 24.5. The molecule has 4 rings (SSSR count). The van der Waals surface area contributed by atoms with E-state index >= 15 is 0 Å². The van der Waals surface area contributed by atoms with Crippen molar-refractivity contribution in [3.63, 3.8) is 0 Å². The van der Waals surface area contributed by atoms with Crippen LogP contribution in [0.25, 0.3) is 0 Å². The van der Waals surface area contributed by atoms with Gasteiger partial charge >= 0.3 is 0 Å². The maximum atomic E-state index is 12.6. The molecular formula is C27H30N2O5. The molecule has 7 heteroatoms. The van der Waals surface area contributed by atoms with Crippen LogP contribution in [-0.4, -0.2) is 45.0 Å². The van der Waals surface area contributed by atoms with E-state index in [2.05, 4.69) is 10.6 Å². The maximum absolute atomic E-state index is 12.6. The first kappa shape index (κ1) is 23.4. The fourth-order valence-electron chi connectivity index (χ4n) is 3.59. The van der Waals surface area contributed by atoms with E-state index in [1.54, 1.807) is 0 Å². The zero-order chi connectivity index (χ0) is 23.4. The van der Waals surface area contributed by atoms with E-state index in [-0.39, 0.29) is 18.6 Å². The molecule has 1 heterocycles. The van der Waals surface area contributed by atoms with Gasteiger partial charge in [-0.25, -0.2) is 0 Å². The fourth-order valence-corrected chi connectivity index (χ4v) is 3.59. The van der Waals surface area contributed by atoms with Gasteiger partial charge in [0, 0.05) is 6.61 Å². The zero-order valence-electron chi connectivity index (χ0n) is 19.1. The number of ether oxygens (including phenoxy) is 4. The summed E-state index contributed by atoms with van der Waals surface area (Å²) >= 11 is 0. The van der Waals surface area contributed by atoms with Crippen molar-refractivity contribution in [1.29, 1.82) is 0 Å². The van der Waals surface area contributed by atoms with E-state index in [0.29, 0.717) is 37.0 Å². The Labute approximate surface area is 200 Å². The number of amides is 1. The van der Waals surface area contributed by atoms with E-state index in [4.69, 9.17) is 18.9 Å². The van der Waals surface area contributed by atoms with Crippen LogP contribution in [0.2, 0.25) is 0 Å². The molecule has 0 spiro atoms. The highest BCUT2D eigenvalue weighted by Gasteiger charge is 2.17. The largest absolute Gasteiger partial charge is 0.490 e. The van der Waals surface area contributed by atoms with Crippen molar-refractivity contribution in [2.75, 3.05) is 43.6 Å². The van der Waals surface area contributed by atoms with Crippen LogP contribution in [-0.2, 0) is 9.53 Å². The Bertz CT molecular complexity index is 1040. The third-order valence-corrected chi connectivity index (χ3v) is 5.29. The predicted molar refractivity (Wildman–Crippen MR) is 132 cm³/mol. The van der Waals surface area contributed by atoms with Gasteiger partial charge in [-0.2, -0.15) is 0 Å². The van der Waals surface area contributed by atoms with Crippen molar-refractivity contribution in [2.24, 2.45) is 0 Å². The molecule has 1 atom stereocenters. The van der Waals surface area contributed by atoms with Gasteiger partial charge in [0.05, 0.1) is 24.0 Å². The average Bonchev–Trinajstić information content (AvgIpc) is 3.40. The molecule has 1 aliphatic heterocycles. The lowest BCUT2D eigenvalue weighted by Gasteiger charge is -2.16. The number of nitrogens with one attached hydrogen (secondary N) is 2. The first-order valence-corrected chi connectivity index (χ1v) is 11.5. The minimum absolute atomic E-state index is 0.0890. The molecule has 178 valence electrons.